The molecule has 0 radical (unpaired) electrons. The Hall–Kier alpha value is -3.14. The number of nitrogens with zero attached hydrogens (tertiary/aromatic N) is 2. The molecule has 0 spiro atoms. The van der Waals surface area contributed by atoms with Crippen LogP contribution in [0.4, 0.5) is 0 Å². The molecular formula is C24H25N3O. The van der Waals surface area contributed by atoms with E-state index >= 15 is 0 Å². The van der Waals surface area contributed by atoms with E-state index in [2.05, 4.69) is 46.5 Å². The summed E-state index contributed by atoms with van der Waals surface area (Å²) in [6.45, 7) is 4.59. The van der Waals surface area contributed by atoms with E-state index in [-0.39, 0.29) is 0 Å². The summed E-state index contributed by atoms with van der Waals surface area (Å²) in [6, 6.07) is 16.7. The van der Waals surface area contributed by atoms with Gasteiger partial charge in [-0.15, -0.1) is 0 Å². The Kier molecular flexibility index (Phi) is 5.11. The van der Waals surface area contributed by atoms with Gasteiger partial charge >= 0.3 is 0 Å². The predicted molar refractivity (Wildman–Crippen MR) is 111 cm³/mol. The summed E-state index contributed by atoms with van der Waals surface area (Å²) in [5, 5.41) is 0. The molecule has 0 bridgehead atoms. The van der Waals surface area contributed by atoms with E-state index in [9.17, 15) is 4.79 Å². The van der Waals surface area contributed by atoms with Crippen molar-refractivity contribution >= 4 is 5.78 Å². The zero-order valence-corrected chi connectivity index (χ0v) is 16.0. The number of carbonyl (C=O) groups is 1. The monoisotopic (exact) mass is 371 g/mol. The highest BCUT2D eigenvalue weighted by Crippen LogP contribution is 2.25. The largest absolute Gasteiger partial charge is 0.402 e. The molecule has 0 saturated carbocycles. The summed E-state index contributed by atoms with van der Waals surface area (Å²) >= 11 is 0. The lowest BCUT2D eigenvalue weighted by atomic mass is 9.87. The van der Waals surface area contributed by atoms with E-state index < -0.39 is 0 Å². The number of rotatable bonds is 6. The van der Waals surface area contributed by atoms with E-state index in [0.717, 1.165) is 24.2 Å². The molecule has 1 aliphatic carbocycles. The lowest BCUT2D eigenvalue weighted by molar-refractivity contribution is -0.118. The molecule has 28 heavy (non-hydrogen) atoms. The van der Waals surface area contributed by atoms with Crippen molar-refractivity contribution in [2.75, 3.05) is 0 Å². The van der Waals surface area contributed by atoms with Gasteiger partial charge < -0.3 is 10.3 Å². The van der Waals surface area contributed by atoms with Crippen molar-refractivity contribution in [3.63, 3.8) is 0 Å². The van der Waals surface area contributed by atoms with Gasteiger partial charge in [-0.2, -0.15) is 0 Å². The zero-order chi connectivity index (χ0) is 19.5. The van der Waals surface area contributed by atoms with E-state index in [1.165, 1.54) is 22.3 Å². The Morgan fingerprint density at radius 2 is 1.93 bits per heavy atom. The quantitative estimate of drug-likeness (QED) is 0.720. The molecule has 142 valence electrons. The highest BCUT2D eigenvalue weighted by molar-refractivity contribution is 5.83. The minimum absolute atomic E-state index is 0.325. The van der Waals surface area contributed by atoms with Gasteiger partial charge in [0.15, 0.2) is 0 Å². The van der Waals surface area contributed by atoms with Gasteiger partial charge in [0.25, 0.3) is 0 Å². The van der Waals surface area contributed by atoms with Crippen LogP contribution in [0.2, 0.25) is 0 Å². The fourth-order valence-electron chi connectivity index (χ4n) is 3.98. The number of imidazole rings is 1. The average Bonchev–Trinajstić information content (AvgIpc) is 3.04. The normalized spacial score (nSPS) is 13.4. The number of benzene rings is 2. The number of hydrogen-bond donors (Lipinski definition) is 1. The minimum atomic E-state index is 0.325. The molecule has 1 aromatic heterocycles. The molecule has 2 aromatic carbocycles. The van der Waals surface area contributed by atoms with Crippen LogP contribution in [0.15, 0.2) is 67.1 Å². The molecule has 2 N–H and O–H groups in total. The number of allylic oxidation sites excluding steroid dienone is 1. The first-order valence-corrected chi connectivity index (χ1v) is 9.71. The molecule has 0 unspecified atom stereocenters. The number of carbonyl (C=O) groups excluding carboxylic acids is 1. The lowest BCUT2D eigenvalue weighted by Crippen LogP contribution is -2.17. The summed E-state index contributed by atoms with van der Waals surface area (Å²) in [6.07, 6.45) is 5.28. The molecule has 1 aliphatic rings. The van der Waals surface area contributed by atoms with Crippen molar-refractivity contribution in [3.05, 3.63) is 101 Å². The van der Waals surface area contributed by atoms with Crippen LogP contribution in [0, 0.1) is 0 Å². The van der Waals surface area contributed by atoms with Crippen LogP contribution in [0.3, 0.4) is 0 Å². The number of hydrogen-bond acceptors (Lipinski definition) is 3. The highest BCUT2D eigenvalue weighted by atomic mass is 16.1. The third-order valence-electron chi connectivity index (χ3n) is 5.40. The number of nitrogens with two attached hydrogens (primary N) is 1. The second-order valence-corrected chi connectivity index (χ2v) is 7.53. The van der Waals surface area contributed by atoms with Gasteiger partial charge in [0, 0.05) is 43.6 Å². The zero-order valence-electron chi connectivity index (χ0n) is 16.0. The standard InChI is InChI=1S/C24H25N3O/c1-17(25)12-24-23(13-18-6-3-2-4-7-18)26-16-27(24)15-20-9-5-8-19-10-11-21(28)14-22(19)20/h2-9,16H,1,10-15,25H2. The van der Waals surface area contributed by atoms with Gasteiger partial charge in [0.2, 0.25) is 0 Å². The fourth-order valence-corrected chi connectivity index (χ4v) is 3.98. The Balaban J connectivity index is 1.67. The predicted octanol–water partition coefficient (Wildman–Crippen LogP) is 3.59. The summed E-state index contributed by atoms with van der Waals surface area (Å²) in [5.74, 6) is 0.325. The number of aromatic nitrogens is 2. The molecule has 0 fully saturated rings. The van der Waals surface area contributed by atoms with E-state index in [0.29, 0.717) is 37.3 Å². The van der Waals surface area contributed by atoms with Gasteiger partial charge in [-0.25, -0.2) is 4.98 Å². The fraction of sp³-hybridized carbons (Fsp3) is 0.250. The smallest absolute Gasteiger partial charge is 0.137 e. The van der Waals surface area contributed by atoms with Crippen LogP contribution in [-0.2, 0) is 37.0 Å². The molecule has 4 rings (SSSR count). The highest BCUT2D eigenvalue weighted by Gasteiger charge is 2.20. The number of fused-ring (bicyclic) bond motifs is 1. The van der Waals surface area contributed by atoms with Crippen LogP contribution in [0.25, 0.3) is 0 Å². The van der Waals surface area contributed by atoms with Crippen molar-refractivity contribution < 1.29 is 4.79 Å². The van der Waals surface area contributed by atoms with Gasteiger partial charge in [-0.3, -0.25) is 4.79 Å². The first-order chi connectivity index (χ1) is 13.6. The first-order valence-electron chi connectivity index (χ1n) is 9.71. The lowest BCUT2D eigenvalue weighted by Gasteiger charge is -2.20. The molecule has 0 atom stereocenters. The van der Waals surface area contributed by atoms with Crippen LogP contribution < -0.4 is 5.73 Å². The maximum atomic E-state index is 12.0. The van der Waals surface area contributed by atoms with Crippen molar-refractivity contribution in [1.29, 1.82) is 0 Å². The summed E-state index contributed by atoms with van der Waals surface area (Å²) in [7, 11) is 0. The molecule has 0 amide bonds. The molecule has 1 heterocycles. The first kappa shape index (κ1) is 18.2. The summed E-state index contributed by atoms with van der Waals surface area (Å²) < 4.78 is 2.16. The Labute approximate surface area is 165 Å². The van der Waals surface area contributed by atoms with Gasteiger partial charge in [0.05, 0.1) is 12.0 Å². The molecule has 3 aromatic rings. The molecule has 4 heteroatoms. The van der Waals surface area contributed by atoms with Crippen molar-refractivity contribution in [2.24, 2.45) is 5.73 Å². The number of aryl methyl sites for hydroxylation is 1. The Morgan fingerprint density at radius 3 is 2.71 bits per heavy atom. The van der Waals surface area contributed by atoms with Crippen LogP contribution in [-0.4, -0.2) is 15.3 Å². The second kappa shape index (κ2) is 7.85. The van der Waals surface area contributed by atoms with E-state index in [4.69, 9.17) is 5.73 Å². The topological polar surface area (TPSA) is 60.9 Å². The molecule has 0 aliphatic heterocycles. The summed E-state index contributed by atoms with van der Waals surface area (Å²) in [4.78, 5) is 16.7. The SMILES string of the molecule is C=C(N)Cc1c(Cc2ccccc2)ncn1Cc1cccc2c1CC(=O)CC2. The number of Topliss-reactive ketones (excluding diaryl/α,β-unsaturated/α-hetero) is 1. The maximum absolute atomic E-state index is 12.0. The van der Waals surface area contributed by atoms with Crippen LogP contribution >= 0.6 is 0 Å². The van der Waals surface area contributed by atoms with E-state index in [1.54, 1.807) is 0 Å². The number of ketones is 1. The third kappa shape index (κ3) is 3.91. The van der Waals surface area contributed by atoms with Gasteiger partial charge in [0.1, 0.15) is 5.78 Å². The maximum Gasteiger partial charge on any atom is 0.137 e. The van der Waals surface area contributed by atoms with E-state index in [1.807, 2.05) is 24.5 Å². The van der Waals surface area contributed by atoms with Crippen LogP contribution in [0.1, 0.15) is 40.1 Å². The molecular weight excluding hydrogens is 346 g/mol. The molecule has 4 nitrogen and oxygen atoms in total. The van der Waals surface area contributed by atoms with Gasteiger partial charge in [-0.05, 0) is 28.7 Å². The van der Waals surface area contributed by atoms with Crippen molar-refractivity contribution in [3.8, 4) is 0 Å². The molecule has 0 saturated heterocycles. The summed E-state index contributed by atoms with van der Waals surface area (Å²) in [5.41, 5.74) is 13.6. The second-order valence-electron chi connectivity index (χ2n) is 7.53. The van der Waals surface area contributed by atoms with Crippen LogP contribution in [0.5, 0.6) is 0 Å². The van der Waals surface area contributed by atoms with Crippen molar-refractivity contribution in [1.82, 2.24) is 9.55 Å². The Bertz CT molecular complexity index is 1020. The average molecular weight is 371 g/mol. The Morgan fingerprint density at radius 1 is 1.11 bits per heavy atom. The third-order valence-corrected chi connectivity index (χ3v) is 5.40. The van der Waals surface area contributed by atoms with Gasteiger partial charge in [-0.1, -0.05) is 55.1 Å². The minimum Gasteiger partial charge on any atom is -0.402 e. The van der Waals surface area contributed by atoms with Crippen molar-refractivity contribution in [2.45, 2.75) is 38.6 Å².